The summed E-state index contributed by atoms with van der Waals surface area (Å²) in [5, 5.41) is 3.41. The predicted molar refractivity (Wildman–Crippen MR) is 76.3 cm³/mol. The third-order valence-electron chi connectivity index (χ3n) is 3.22. The van der Waals surface area contributed by atoms with Gasteiger partial charge in [-0.15, -0.1) is 0 Å². The molecule has 0 aliphatic rings. The molecule has 1 heteroatoms. The van der Waals surface area contributed by atoms with E-state index in [1.54, 1.807) is 0 Å². The number of hydrogen-bond acceptors (Lipinski definition) is 1. The molecular weight excluding hydrogens is 206 g/mol. The summed E-state index contributed by atoms with van der Waals surface area (Å²) in [6.45, 7) is 6.79. The molecule has 17 heavy (non-hydrogen) atoms. The van der Waals surface area contributed by atoms with Gasteiger partial charge in [0.2, 0.25) is 0 Å². The fourth-order valence-corrected chi connectivity index (χ4v) is 2.24. The molecule has 0 aromatic heterocycles. The second-order valence-electron chi connectivity index (χ2n) is 5.32. The van der Waals surface area contributed by atoms with Crippen LogP contribution in [0.3, 0.4) is 0 Å². The van der Waals surface area contributed by atoms with E-state index in [1.165, 1.54) is 36.8 Å². The molecule has 0 spiro atoms. The van der Waals surface area contributed by atoms with Crippen LogP contribution in [0.2, 0.25) is 0 Å². The molecule has 1 unspecified atom stereocenters. The minimum atomic E-state index is 0.517. The van der Waals surface area contributed by atoms with Crippen LogP contribution in [0.4, 0.5) is 0 Å². The topological polar surface area (TPSA) is 12.0 Å². The van der Waals surface area contributed by atoms with Crippen molar-refractivity contribution in [2.45, 2.75) is 52.5 Å². The Morgan fingerprint density at radius 3 is 2.24 bits per heavy atom. The lowest BCUT2D eigenvalue weighted by Gasteiger charge is -2.17. The molecule has 0 aliphatic heterocycles. The third kappa shape index (κ3) is 4.91. The minimum absolute atomic E-state index is 0.517. The monoisotopic (exact) mass is 233 g/mol. The molecule has 0 saturated heterocycles. The van der Waals surface area contributed by atoms with E-state index in [-0.39, 0.29) is 0 Å². The highest BCUT2D eigenvalue weighted by molar-refractivity contribution is 5.25. The van der Waals surface area contributed by atoms with Crippen LogP contribution in [0, 0.1) is 5.92 Å². The Bertz CT molecular complexity index is 300. The maximum atomic E-state index is 3.41. The molecule has 0 amide bonds. The lowest BCUT2D eigenvalue weighted by molar-refractivity contribution is 0.522. The fourth-order valence-electron chi connectivity index (χ4n) is 2.24. The Kier molecular flexibility index (Phi) is 6.28. The van der Waals surface area contributed by atoms with Crippen LogP contribution in [0.25, 0.3) is 0 Å². The zero-order valence-corrected chi connectivity index (χ0v) is 11.8. The Morgan fingerprint density at radius 1 is 1.12 bits per heavy atom. The van der Waals surface area contributed by atoms with E-state index in [2.05, 4.69) is 57.4 Å². The first kappa shape index (κ1) is 14.2. The number of benzene rings is 1. The van der Waals surface area contributed by atoms with Gasteiger partial charge in [-0.2, -0.15) is 0 Å². The van der Waals surface area contributed by atoms with Crippen molar-refractivity contribution in [2.24, 2.45) is 5.92 Å². The Hall–Kier alpha value is -0.820. The van der Waals surface area contributed by atoms with Crippen LogP contribution in [0.5, 0.6) is 0 Å². The van der Waals surface area contributed by atoms with E-state index in [4.69, 9.17) is 0 Å². The van der Waals surface area contributed by atoms with E-state index in [9.17, 15) is 0 Å². The number of hydrogen-bond donors (Lipinski definition) is 1. The molecule has 0 radical (unpaired) electrons. The van der Waals surface area contributed by atoms with Gasteiger partial charge < -0.3 is 5.32 Å². The summed E-state index contributed by atoms with van der Waals surface area (Å²) in [7, 11) is 2.06. The van der Waals surface area contributed by atoms with E-state index >= 15 is 0 Å². The van der Waals surface area contributed by atoms with Crippen LogP contribution in [-0.4, -0.2) is 7.05 Å². The lowest BCUT2D eigenvalue weighted by Crippen LogP contribution is -2.16. The summed E-state index contributed by atoms with van der Waals surface area (Å²) in [6, 6.07) is 9.66. The molecule has 1 atom stereocenters. The van der Waals surface area contributed by atoms with Gasteiger partial charge >= 0.3 is 0 Å². The molecule has 96 valence electrons. The summed E-state index contributed by atoms with van der Waals surface area (Å²) in [5.41, 5.74) is 2.88. The van der Waals surface area contributed by atoms with Crippen molar-refractivity contribution < 1.29 is 0 Å². The van der Waals surface area contributed by atoms with Crippen molar-refractivity contribution in [1.29, 1.82) is 0 Å². The average molecular weight is 233 g/mol. The third-order valence-corrected chi connectivity index (χ3v) is 3.22. The zero-order chi connectivity index (χ0) is 12.7. The van der Waals surface area contributed by atoms with E-state index in [0.717, 1.165) is 5.92 Å². The van der Waals surface area contributed by atoms with Crippen molar-refractivity contribution in [3.63, 3.8) is 0 Å². The molecule has 1 aromatic rings. The van der Waals surface area contributed by atoms with Crippen molar-refractivity contribution in [3.05, 3.63) is 35.4 Å². The van der Waals surface area contributed by atoms with Gasteiger partial charge in [0.1, 0.15) is 0 Å². The smallest absolute Gasteiger partial charge is 0.0317 e. The maximum absolute atomic E-state index is 3.41. The molecule has 1 rings (SSSR count). The first-order valence-corrected chi connectivity index (χ1v) is 6.93. The van der Waals surface area contributed by atoms with Crippen LogP contribution in [0.1, 0.15) is 57.2 Å². The molecule has 0 heterocycles. The largest absolute Gasteiger partial charge is 0.313 e. The Morgan fingerprint density at radius 2 is 1.76 bits per heavy atom. The summed E-state index contributed by atoms with van der Waals surface area (Å²) in [5.74, 6) is 0.737. The van der Waals surface area contributed by atoms with Crippen molar-refractivity contribution in [1.82, 2.24) is 5.32 Å². The van der Waals surface area contributed by atoms with E-state index in [1.807, 2.05) is 0 Å². The van der Waals surface area contributed by atoms with Crippen molar-refractivity contribution >= 4 is 0 Å². The maximum Gasteiger partial charge on any atom is 0.0317 e. The molecule has 1 N–H and O–H groups in total. The van der Waals surface area contributed by atoms with Gasteiger partial charge in [-0.25, -0.2) is 0 Å². The Labute approximate surface area is 107 Å². The summed E-state index contributed by atoms with van der Waals surface area (Å²) >= 11 is 0. The van der Waals surface area contributed by atoms with Crippen LogP contribution >= 0.6 is 0 Å². The van der Waals surface area contributed by atoms with Gasteiger partial charge in [0, 0.05) is 6.04 Å². The van der Waals surface area contributed by atoms with Crippen LogP contribution in [-0.2, 0) is 6.42 Å². The number of rotatable bonds is 7. The second kappa shape index (κ2) is 7.50. The molecule has 0 aliphatic carbocycles. The normalized spacial score (nSPS) is 13.0. The highest BCUT2D eigenvalue weighted by atomic mass is 14.9. The van der Waals surface area contributed by atoms with Crippen molar-refractivity contribution in [3.8, 4) is 0 Å². The van der Waals surface area contributed by atoms with Gasteiger partial charge in [0.05, 0.1) is 0 Å². The highest BCUT2D eigenvalue weighted by Crippen LogP contribution is 2.20. The summed E-state index contributed by atoms with van der Waals surface area (Å²) in [4.78, 5) is 0. The highest BCUT2D eigenvalue weighted by Gasteiger charge is 2.08. The second-order valence-corrected chi connectivity index (χ2v) is 5.32. The van der Waals surface area contributed by atoms with Crippen LogP contribution in [0.15, 0.2) is 24.3 Å². The number of nitrogens with one attached hydrogen (secondary N) is 1. The molecule has 0 saturated carbocycles. The van der Waals surface area contributed by atoms with Crippen molar-refractivity contribution in [2.75, 3.05) is 7.05 Å². The average Bonchev–Trinajstić information content (AvgIpc) is 2.31. The summed E-state index contributed by atoms with van der Waals surface area (Å²) in [6.07, 6.45) is 4.97. The standard InChI is InChI=1S/C16H27N/c1-5-6-7-16(17-4)15-10-8-14(9-11-15)12-13(2)3/h8-11,13,16-17H,5-7,12H2,1-4H3. The van der Waals surface area contributed by atoms with E-state index < -0.39 is 0 Å². The van der Waals surface area contributed by atoms with E-state index in [0.29, 0.717) is 6.04 Å². The first-order valence-electron chi connectivity index (χ1n) is 6.93. The molecule has 1 nitrogen and oxygen atoms in total. The predicted octanol–water partition coefficient (Wildman–Crippen LogP) is 4.34. The van der Waals surface area contributed by atoms with Gasteiger partial charge in [-0.1, -0.05) is 57.9 Å². The SMILES string of the molecule is CCCCC(NC)c1ccc(CC(C)C)cc1. The molecular formula is C16H27N. The number of unbranched alkanes of at least 4 members (excludes halogenated alkanes) is 1. The Balaban J connectivity index is 2.64. The van der Waals surface area contributed by atoms with Gasteiger partial charge in [0.15, 0.2) is 0 Å². The zero-order valence-electron chi connectivity index (χ0n) is 11.8. The summed E-state index contributed by atoms with van der Waals surface area (Å²) < 4.78 is 0. The molecule has 1 aromatic carbocycles. The van der Waals surface area contributed by atoms with Gasteiger partial charge in [0.25, 0.3) is 0 Å². The van der Waals surface area contributed by atoms with Gasteiger partial charge in [-0.05, 0) is 36.9 Å². The van der Waals surface area contributed by atoms with Gasteiger partial charge in [-0.3, -0.25) is 0 Å². The fraction of sp³-hybridized carbons (Fsp3) is 0.625. The molecule has 0 fully saturated rings. The quantitative estimate of drug-likeness (QED) is 0.739. The van der Waals surface area contributed by atoms with Crippen LogP contribution < -0.4 is 5.32 Å². The lowest BCUT2D eigenvalue weighted by atomic mass is 9.97. The minimum Gasteiger partial charge on any atom is -0.313 e. The molecule has 0 bridgehead atoms. The first-order chi connectivity index (χ1) is 8.17.